The zero-order chi connectivity index (χ0) is 20.6. The Morgan fingerprint density at radius 3 is 2.33 bits per heavy atom. The molecule has 0 saturated heterocycles. The second-order valence-electron chi connectivity index (χ2n) is 6.59. The molecule has 6 nitrogen and oxygen atoms in total. The Bertz CT molecular complexity index is 1090. The number of esters is 1. The zero-order valence-electron chi connectivity index (χ0n) is 16.2. The van der Waals surface area contributed by atoms with Crippen LogP contribution in [0.25, 0.3) is 11.5 Å². The topological polar surface area (TPSA) is 74.5 Å². The first kappa shape index (κ1) is 19.4. The molecule has 3 aromatic carbocycles. The maximum absolute atomic E-state index is 12.1. The van der Waals surface area contributed by atoms with Crippen molar-refractivity contribution < 1.29 is 18.7 Å². The quantitative estimate of drug-likeness (QED) is 0.407. The summed E-state index contributed by atoms with van der Waals surface area (Å²) in [6.45, 7) is -0.306. The lowest BCUT2D eigenvalue weighted by molar-refractivity contribution is -0.148. The van der Waals surface area contributed by atoms with E-state index in [4.69, 9.17) is 13.9 Å². The first-order valence-corrected chi connectivity index (χ1v) is 9.56. The highest BCUT2D eigenvalue weighted by molar-refractivity contribution is 5.71. The number of para-hydroxylation sites is 1. The van der Waals surface area contributed by atoms with E-state index >= 15 is 0 Å². The average Bonchev–Trinajstić information content (AvgIpc) is 3.28. The van der Waals surface area contributed by atoms with Gasteiger partial charge in [0.15, 0.2) is 13.2 Å². The maximum Gasteiger partial charge on any atom is 0.344 e. The minimum atomic E-state index is -0.510. The third kappa shape index (κ3) is 5.11. The molecule has 30 heavy (non-hydrogen) atoms. The van der Waals surface area contributed by atoms with Crippen molar-refractivity contribution in [3.63, 3.8) is 0 Å². The van der Waals surface area contributed by atoms with E-state index in [2.05, 4.69) is 22.3 Å². The molecule has 150 valence electrons. The monoisotopic (exact) mass is 400 g/mol. The van der Waals surface area contributed by atoms with Crippen LogP contribution in [0.3, 0.4) is 0 Å². The molecule has 0 aliphatic heterocycles. The molecular weight excluding hydrogens is 380 g/mol. The van der Waals surface area contributed by atoms with Crippen LogP contribution in [0.5, 0.6) is 5.75 Å². The average molecular weight is 400 g/mol. The summed E-state index contributed by atoms with van der Waals surface area (Å²) in [5, 5.41) is 7.88. The zero-order valence-corrected chi connectivity index (χ0v) is 16.2. The third-order valence-electron chi connectivity index (χ3n) is 4.40. The lowest BCUT2D eigenvalue weighted by Crippen LogP contribution is -2.15. The summed E-state index contributed by atoms with van der Waals surface area (Å²) in [6, 6.07) is 27.1. The van der Waals surface area contributed by atoms with E-state index < -0.39 is 5.97 Å². The first-order chi connectivity index (χ1) is 14.8. The van der Waals surface area contributed by atoms with Crippen molar-refractivity contribution in [2.24, 2.45) is 0 Å². The summed E-state index contributed by atoms with van der Waals surface area (Å²) >= 11 is 0. The predicted octanol–water partition coefficient (Wildman–Crippen LogP) is 4.45. The fourth-order valence-electron chi connectivity index (χ4n) is 2.94. The Labute approximate surface area is 174 Å². The molecule has 6 heteroatoms. The van der Waals surface area contributed by atoms with Gasteiger partial charge in [-0.2, -0.15) is 0 Å². The van der Waals surface area contributed by atoms with Gasteiger partial charge in [0.2, 0.25) is 5.89 Å². The summed E-state index contributed by atoms with van der Waals surface area (Å²) in [4.78, 5) is 12.1. The number of hydrogen-bond donors (Lipinski definition) is 0. The van der Waals surface area contributed by atoms with Crippen LogP contribution in [-0.4, -0.2) is 22.8 Å². The van der Waals surface area contributed by atoms with E-state index in [0.717, 1.165) is 17.5 Å². The molecule has 0 fully saturated rings. The van der Waals surface area contributed by atoms with Crippen molar-refractivity contribution in [1.82, 2.24) is 10.2 Å². The number of hydrogen-bond acceptors (Lipinski definition) is 6. The van der Waals surface area contributed by atoms with Gasteiger partial charge >= 0.3 is 5.97 Å². The molecule has 0 atom stereocenters. The Kier molecular flexibility index (Phi) is 6.15. The van der Waals surface area contributed by atoms with Crippen LogP contribution < -0.4 is 4.74 Å². The first-order valence-electron chi connectivity index (χ1n) is 9.56. The van der Waals surface area contributed by atoms with Gasteiger partial charge in [-0.15, -0.1) is 10.2 Å². The summed E-state index contributed by atoms with van der Waals surface area (Å²) in [5.41, 5.74) is 2.98. The number of carbonyl (C=O) groups is 1. The largest absolute Gasteiger partial charge is 0.482 e. The highest BCUT2D eigenvalue weighted by atomic mass is 16.6. The van der Waals surface area contributed by atoms with Gasteiger partial charge in [-0.25, -0.2) is 4.79 Å². The van der Waals surface area contributed by atoms with Gasteiger partial charge < -0.3 is 13.9 Å². The Hall–Kier alpha value is -3.93. The normalized spacial score (nSPS) is 10.5. The second kappa shape index (κ2) is 9.52. The molecule has 0 unspecified atom stereocenters. The van der Waals surface area contributed by atoms with Gasteiger partial charge in [-0.3, -0.25) is 0 Å². The number of rotatable bonds is 8. The van der Waals surface area contributed by atoms with Crippen LogP contribution >= 0.6 is 0 Å². The Balaban J connectivity index is 1.30. The predicted molar refractivity (Wildman–Crippen MR) is 111 cm³/mol. The molecule has 0 aliphatic rings. The fourth-order valence-corrected chi connectivity index (χ4v) is 2.94. The molecule has 1 aromatic heterocycles. The van der Waals surface area contributed by atoms with Crippen LogP contribution in [0.1, 0.15) is 17.0 Å². The molecule has 4 aromatic rings. The van der Waals surface area contributed by atoms with Crippen LogP contribution in [0, 0.1) is 0 Å². The van der Waals surface area contributed by atoms with Crippen molar-refractivity contribution in [1.29, 1.82) is 0 Å². The molecule has 0 bridgehead atoms. The van der Waals surface area contributed by atoms with Gasteiger partial charge in [-0.1, -0.05) is 66.7 Å². The molecular formula is C24H20N2O4. The highest BCUT2D eigenvalue weighted by Crippen LogP contribution is 2.21. The van der Waals surface area contributed by atoms with E-state index in [1.807, 2.05) is 72.8 Å². The van der Waals surface area contributed by atoms with Crippen molar-refractivity contribution in [3.8, 4) is 17.2 Å². The lowest BCUT2D eigenvalue weighted by atomic mass is 10.0. The molecule has 0 aliphatic carbocycles. The van der Waals surface area contributed by atoms with Gasteiger partial charge in [0.05, 0.1) is 0 Å². The molecule has 0 N–H and O–H groups in total. The molecule has 0 amide bonds. The third-order valence-corrected chi connectivity index (χ3v) is 4.40. The van der Waals surface area contributed by atoms with Gasteiger partial charge in [0, 0.05) is 12.0 Å². The minimum Gasteiger partial charge on any atom is -0.482 e. The van der Waals surface area contributed by atoms with Gasteiger partial charge in [0.25, 0.3) is 5.89 Å². The van der Waals surface area contributed by atoms with E-state index in [9.17, 15) is 4.79 Å². The fraction of sp³-hybridized carbons (Fsp3) is 0.125. The molecule has 0 saturated carbocycles. The summed E-state index contributed by atoms with van der Waals surface area (Å²) in [5.74, 6) is 0.755. The van der Waals surface area contributed by atoms with Gasteiger partial charge in [0.1, 0.15) is 5.75 Å². The SMILES string of the molecule is O=C(COc1ccccc1Cc1ccccc1)OCc1nnc(-c2ccccc2)o1. The van der Waals surface area contributed by atoms with Crippen molar-refractivity contribution in [2.75, 3.05) is 6.61 Å². The Morgan fingerprint density at radius 1 is 0.833 bits per heavy atom. The number of carbonyl (C=O) groups excluding carboxylic acids is 1. The van der Waals surface area contributed by atoms with Crippen LogP contribution in [0.2, 0.25) is 0 Å². The van der Waals surface area contributed by atoms with Crippen LogP contribution in [-0.2, 0) is 22.6 Å². The Morgan fingerprint density at radius 2 is 1.53 bits per heavy atom. The molecule has 0 radical (unpaired) electrons. The van der Waals surface area contributed by atoms with Gasteiger partial charge in [-0.05, 0) is 29.3 Å². The standard InChI is InChI=1S/C24H20N2O4/c27-23(29-16-22-25-26-24(30-22)19-11-5-2-6-12-19)17-28-21-14-8-7-13-20(21)15-18-9-3-1-4-10-18/h1-14H,15-17H2. The minimum absolute atomic E-state index is 0.103. The molecule has 4 rings (SSSR count). The summed E-state index contributed by atoms with van der Waals surface area (Å²) in [6.07, 6.45) is 0.719. The van der Waals surface area contributed by atoms with E-state index in [1.54, 1.807) is 0 Å². The van der Waals surface area contributed by atoms with Crippen LogP contribution in [0.4, 0.5) is 0 Å². The molecule has 0 spiro atoms. The highest BCUT2D eigenvalue weighted by Gasteiger charge is 2.12. The number of aromatic nitrogens is 2. The van der Waals surface area contributed by atoms with Crippen molar-refractivity contribution >= 4 is 5.97 Å². The molecule has 1 heterocycles. The maximum atomic E-state index is 12.1. The van der Waals surface area contributed by atoms with Crippen molar-refractivity contribution in [2.45, 2.75) is 13.0 Å². The smallest absolute Gasteiger partial charge is 0.344 e. The van der Waals surface area contributed by atoms with E-state index in [1.165, 1.54) is 5.56 Å². The number of nitrogens with zero attached hydrogens (tertiary/aromatic N) is 2. The second-order valence-corrected chi connectivity index (χ2v) is 6.59. The summed E-state index contributed by atoms with van der Waals surface area (Å²) < 4.78 is 16.4. The van der Waals surface area contributed by atoms with E-state index in [-0.39, 0.29) is 19.1 Å². The van der Waals surface area contributed by atoms with Crippen LogP contribution in [0.15, 0.2) is 89.3 Å². The number of ether oxygens (including phenoxy) is 2. The van der Waals surface area contributed by atoms with Crippen molar-refractivity contribution in [3.05, 3.63) is 102 Å². The summed E-state index contributed by atoms with van der Waals surface area (Å²) in [7, 11) is 0. The lowest BCUT2D eigenvalue weighted by Gasteiger charge is -2.11. The number of benzene rings is 3. The van der Waals surface area contributed by atoms with E-state index in [0.29, 0.717) is 11.6 Å².